The van der Waals surface area contributed by atoms with Crippen molar-refractivity contribution in [3.05, 3.63) is 141 Å². The molecule has 0 aliphatic heterocycles. The Morgan fingerprint density at radius 3 is 1.65 bits per heavy atom. The van der Waals surface area contributed by atoms with Crippen LogP contribution in [0.2, 0.25) is 0 Å². The Hall–Kier alpha value is -2.24. The van der Waals surface area contributed by atoms with Gasteiger partial charge in [-0.05, 0) is 18.1 Å². The van der Waals surface area contributed by atoms with Crippen LogP contribution in [0.4, 0.5) is 0 Å². The van der Waals surface area contributed by atoms with Crippen LogP contribution in [0.3, 0.4) is 0 Å². The maximum absolute atomic E-state index is 6.85. The second kappa shape index (κ2) is 15.3. The first-order chi connectivity index (χ1) is 22.3. The molecule has 0 aromatic heterocycles. The van der Waals surface area contributed by atoms with Gasteiger partial charge in [-0.25, -0.2) is 0 Å². The van der Waals surface area contributed by atoms with E-state index in [1.165, 1.54) is 52.9 Å². The van der Waals surface area contributed by atoms with Crippen molar-refractivity contribution in [1.29, 1.82) is 0 Å². The van der Waals surface area contributed by atoms with Crippen LogP contribution in [0.25, 0.3) is 32.7 Å². The molecule has 4 unspecified atom stereocenters. The van der Waals surface area contributed by atoms with Crippen LogP contribution in [0, 0.1) is 17.4 Å². The number of hydrogen-bond acceptors (Lipinski definition) is 2. The Morgan fingerprint density at radius 1 is 0.630 bits per heavy atom. The molecule has 2 nitrogen and oxygen atoms in total. The molecule has 4 atom stereocenters. The standard InChI is InChI=1S/C40H39I2O2P2/c1-25-18-29(24-41)22-32(19-25)27(3)45-43-37-16-14-30-10-6-8-12-35(30)39(37)40-36-13-9-7-11-31(36)15-17-38(40)44-46-28(4)33-20-26(2)21-34(23-33)42-5/h6-23,27-28,45-46H,24H2,1-5H3/q-1. The van der Waals surface area contributed by atoms with E-state index in [-0.39, 0.29) is 44.5 Å². The molecule has 0 fully saturated rings. The SMILES string of the molecule is C[I-]c1cc(C)cc(C(C)POc2ccc3ccccc3c2-c2c(OPC(C)c3cc(C)cc(CI)c3)ccc3ccccc23)c1. The van der Waals surface area contributed by atoms with Crippen molar-refractivity contribution in [1.82, 2.24) is 0 Å². The van der Waals surface area contributed by atoms with Gasteiger partial charge in [-0.2, -0.15) is 0 Å². The van der Waals surface area contributed by atoms with Crippen LogP contribution in [-0.4, -0.2) is 4.93 Å². The zero-order chi connectivity index (χ0) is 32.2. The van der Waals surface area contributed by atoms with Gasteiger partial charge in [0.25, 0.3) is 0 Å². The average Bonchev–Trinajstić information content (AvgIpc) is 3.08. The maximum atomic E-state index is 6.85. The summed E-state index contributed by atoms with van der Waals surface area (Å²) >= 11 is 2.49. The summed E-state index contributed by atoms with van der Waals surface area (Å²) in [4.78, 5) is 2.33. The van der Waals surface area contributed by atoms with Crippen LogP contribution in [0.15, 0.2) is 109 Å². The van der Waals surface area contributed by atoms with Gasteiger partial charge in [0.05, 0.1) is 0 Å². The first-order valence-corrected chi connectivity index (χ1v) is 22.2. The fourth-order valence-electron chi connectivity index (χ4n) is 5.97. The van der Waals surface area contributed by atoms with Gasteiger partial charge in [0, 0.05) is 10.1 Å². The number of alkyl halides is 2. The van der Waals surface area contributed by atoms with Gasteiger partial charge >= 0.3 is 216 Å². The van der Waals surface area contributed by atoms with Gasteiger partial charge in [-0.1, -0.05) is 59.3 Å². The molecule has 0 N–H and O–H groups in total. The van der Waals surface area contributed by atoms with E-state index in [1.807, 2.05) is 0 Å². The van der Waals surface area contributed by atoms with E-state index in [1.54, 1.807) is 0 Å². The van der Waals surface area contributed by atoms with Crippen LogP contribution in [0.1, 0.15) is 53.0 Å². The summed E-state index contributed by atoms with van der Waals surface area (Å²) in [7, 11) is 0.566. The van der Waals surface area contributed by atoms with Crippen LogP contribution in [-0.2, 0) is 4.43 Å². The summed E-state index contributed by atoms with van der Waals surface area (Å²) in [6.45, 7) is 8.95. The zero-order valence-corrected chi connectivity index (χ0v) is 33.1. The van der Waals surface area contributed by atoms with Crippen molar-refractivity contribution < 1.29 is 30.3 Å². The normalized spacial score (nSPS) is 13.3. The van der Waals surface area contributed by atoms with Crippen LogP contribution in [0.5, 0.6) is 11.5 Å². The van der Waals surface area contributed by atoms with Crippen molar-refractivity contribution in [2.24, 2.45) is 0 Å². The predicted molar refractivity (Wildman–Crippen MR) is 206 cm³/mol. The van der Waals surface area contributed by atoms with Gasteiger partial charge in [-0.15, -0.1) is 0 Å². The summed E-state index contributed by atoms with van der Waals surface area (Å²) in [5.74, 6) is 1.81. The van der Waals surface area contributed by atoms with Crippen LogP contribution < -0.4 is 30.3 Å². The first-order valence-electron chi connectivity index (χ1n) is 15.5. The molecule has 236 valence electrons. The third-order valence-corrected chi connectivity index (χ3v) is 13.1. The second-order valence-electron chi connectivity index (χ2n) is 11.8. The summed E-state index contributed by atoms with van der Waals surface area (Å²) in [6, 6.07) is 39.9. The Morgan fingerprint density at radius 2 is 1.13 bits per heavy atom. The van der Waals surface area contributed by atoms with Gasteiger partial charge in [0.15, 0.2) is 0 Å². The molecule has 6 heteroatoms. The Labute approximate surface area is 301 Å². The van der Waals surface area contributed by atoms with E-state index < -0.39 is 0 Å². The first kappa shape index (κ1) is 33.7. The number of fused-ring (bicyclic) bond motifs is 2. The molecule has 0 aliphatic rings. The van der Waals surface area contributed by atoms with Gasteiger partial charge in [0.2, 0.25) is 0 Å². The number of aryl methyl sites for hydroxylation is 2. The second-order valence-corrected chi connectivity index (χ2v) is 17.5. The van der Waals surface area contributed by atoms with E-state index in [4.69, 9.17) is 9.05 Å². The molecule has 0 saturated heterocycles. The van der Waals surface area contributed by atoms with Gasteiger partial charge in [0.1, 0.15) is 0 Å². The number of halogens is 2. The molecule has 0 saturated carbocycles. The Kier molecular flexibility index (Phi) is 11.2. The van der Waals surface area contributed by atoms with Crippen molar-refractivity contribution in [3.63, 3.8) is 0 Å². The van der Waals surface area contributed by atoms with Crippen molar-refractivity contribution in [2.75, 3.05) is 4.93 Å². The zero-order valence-electron chi connectivity index (χ0n) is 26.8. The van der Waals surface area contributed by atoms with Gasteiger partial charge < -0.3 is 0 Å². The number of benzene rings is 6. The predicted octanol–water partition coefficient (Wildman–Crippen LogP) is 9.57. The molecular weight excluding hydrogens is 828 g/mol. The Balaban J connectivity index is 1.42. The molecule has 0 spiro atoms. The fraction of sp³-hybridized carbons (Fsp3) is 0.200. The molecule has 6 rings (SSSR count). The van der Waals surface area contributed by atoms with Crippen LogP contribution >= 0.6 is 40.2 Å². The molecular formula is C40H39I2O2P2-. The number of hydrogen-bond donors (Lipinski definition) is 0. The van der Waals surface area contributed by atoms with E-state index in [9.17, 15) is 0 Å². The van der Waals surface area contributed by atoms with Gasteiger partial charge in [-0.3, -0.25) is 0 Å². The minimum absolute atomic E-state index is 0.0384. The summed E-state index contributed by atoms with van der Waals surface area (Å²) in [5.41, 5.74) is 9.48. The van der Waals surface area contributed by atoms with E-state index in [0.717, 1.165) is 27.1 Å². The molecule has 46 heavy (non-hydrogen) atoms. The molecule has 0 heterocycles. The number of rotatable bonds is 11. The van der Waals surface area contributed by atoms with E-state index in [0.29, 0.717) is 5.66 Å². The molecule has 0 amide bonds. The van der Waals surface area contributed by atoms with E-state index >= 15 is 0 Å². The molecule has 6 aromatic rings. The quantitative estimate of drug-likeness (QED) is 0.0735. The van der Waals surface area contributed by atoms with Crippen molar-refractivity contribution in [2.45, 2.75) is 43.4 Å². The summed E-state index contributed by atoms with van der Waals surface area (Å²) < 4.78 is 16.2. The summed E-state index contributed by atoms with van der Waals surface area (Å²) in [6.07, 6.45) is 0. The van der Waals surface area contributed by atoms with E-state index in [2.05, 4.69) is 164 Å². The molecule has 0 bridgehead atoms. The van der Waals surface area contributed by atoms with Crippen molar-refractivity contribution in [3.8, 4) is 22.6 Å². The third-order valence-electron chi connectivity index (χ3n) is 8.32. The minimum atomic E-state index is 0.0384. The fourth-order valence-corrected chi connectivity index (χ4v) is 9.44. The molecule has 0 aliphatic carbocycles. The third kappa shape index (κ3) is 7.57. The average molecular weight is 868 g/mol. The topological polar surface area (TPSA) is 18.5 Å². The summed E-state index contributed by atoms with van der Waals surface area (Å²) in [5, 5.41) is 4.73. The Bertz CT molecular complexity index is 1860. The van der Waals surface area contributed by atoms with Crippen molar-refractivity contribution >= 4 is 61.8 Å². The monoisotopic (exact) mass is 867 g/mol. The molecule has 6 aromatic carbocycles. The molecule has 0 radical (unpaired) electrons.